The minimum atomic E-state index is -3.53. The lowest BCUT2D eigenvalue weighted by atomic mass is 10.1. The Kier molecular flexibility index (Phi) is 7.29. The van der Waals surface area contributed by atoms with Crippen LogP contribution < -0.4 is 14.4 Å². The molecule has 172 valence electrons. The van der Waals surface area contributed by atoms with E-state index in [0.717, 1.165) is 17.4 Å². The minimum absolute atomic E-state index is 0.134. The largest absolute Gasteiger partial charge is 0.484 e. The number of nitrogens with zero attached hydrogens (tertiary/aromatic N) is 2. The van der Waals surface area contributed by atoms with Gasteiger partial charge >= 0.3 is 0 Å². The second kappa shape index (κ2) is 10.1. The van der Waals surface area contributed by atoms with Gasteiger partial charge < -0.3 is 10.1 Å². The van der Waals surface area contributed by atoms with E-state index < -0.39 is 20.9 Å². The first-order valence-corrected chi connectivity index (χ1v) is 11.8. The number of aryl methyl sites for hydroxylation is 1. The van der Waals surface area contributed by atoms with Gasteiger partial charge in [0.2, 0.25) is 10.0 Å². The number of ether oxygens (including phenoxy) is 1. The van der Waals surface area contributed by atoms with Crippen molar-refractivity contribution in [1.82, 2.24) is 0 Å². The van der Waals surface area contributed by atoms with Crippen LogP contribution in [0.25, 0.3) is 0 Å². The van der Waals surface area contributed by atoms with Crippen molar-refractivity contribution < 1.29 is 22.9 Å². The summed E-state index contributed by atoms with van der Waals surface area (Å²) < 4.78 is 31.4. The summed E-state index contributed by atoms with van der Waals surface area (Å²) >= 11 is 0. The molecular weight excluding hydrogens is 446 g/mol. The first kappa shape index (κ1) is 23.7. The summed E-state index contributed by atoms with van der Waals surface area (Å²) in [6.45, 7) is 1.83. The average molecular weight is 470 g/mol. The molecule has 3 rings (SSSR count). The molecule has 10 heteroatoms. The fourth-order valence-corrected chi connectivity index (χ4v) is 3.90. The van der Waals surface area contributed by atoms with Crippen molar-refractivity contribution in [3.63, 3.8) is 0 Å². The van der Waals surface area contributed by atoms with Gasteiger partial charge in [-0.25, -0.2) is 8.42 Å². The summed E-state index contributed by atoms with van der Waals surface area (Å²) in [4.78, 5) is 22.4. The monoisotopic (exact) mass is 469 g/mol. The number of carbonyl (C=O) groups excluding carboxylic acids is 1. The number of amides is 1. The van der Waals surface area contributed by atoms with E-state index in [9.17, 15) is 23.3 Å². The fourth-order valence-electron chi connectivity index (χ4n) is 3.01. The van der Waals surface area contributed by atoms with Crippen molar-refractivity contribution in [3.05, 3.63) is 94.0 Å². The number of anilines is 2. The molecule has 1 N–H and O–H groups in total. The molecule has 0 saturated heterocycles. The Morgan fingerprint density at radius 1 is 1.06 bits per heavy atom. The summed E-state index contributed by atoms with van der Waals surface area (Å²) in [7, 11) is -3.53. The van der Waals surface area contributed by atoms with Crippen LogP contribution in [0.5, 0.6) is 5.75 Å². The van der Waals surface area contributed by atoms with E-state index in [1.165, 1.54) is 28.6 Å². The van der Waals surface area contributed by atoms with Gasteiger partial charge in [-0.1, -0.05) is 35.9 Å². The topological polar surface area (TPSA) is 119 Å². The standard InChI is InChI=1S/C23H23N3O6S/c1-17-6-8-18(9-7-17)15-25(33(2,30)31)20-10-12-22(13-11-20)32-16-23(27)24-19-4-3-5-21(14-19)26(28)29/h3-14H,15-16H2,1-2H3,(H,24,27). The second-order valence-corrected chi connectivity index (χ2v) is 9.30. The van der Waals surface area contributed by atoms with Crippen molar-refractivity contribution in [2.75, 3.05) is 22.5 Å². The molecule has 0 aliphatic heterocycles. The first-order valence-electron chi connectivity index (χ1n) is 9.92. The quantitative estimate of drug-likeness (QED) is 0.375. The minimum Gasteiger partial charge on any atom is -0.484 e. The molecule has 3 aromatic rings. The molecule has 0 aromatic heterocycles. The number of nitrogens with one attached hydrogen (secondary N) is 1. The van der Waals surface area contributed by atoms with Crippen molar-refractivity contribution in [3.8, 4) is 5.75 Å². The number of non-ortho nitro benzene ring substituents is 1. The molecule has 0 heterocycles. The third-order valence-electron chi connectivity index (χ3n) is 4.68. The van der Waals surface area contributed by atoms with Gasteiger partial charge in [0.15, 0.2) is 6.61 Å². The Morgan fingerprint density at radius 3 is 2.33 bits per heavy atom. The van der Waals surface area contributed by atoms with Gasteiger partial charge in [0.05, 0.1) is 23.4 Å². The lowest BCUT2D eigenvalue weighted by Crippen LogP contribution is -2.29. The number of nitro benzene ring substituents is 1. The van der Waals surface area contributed by atoms with E-state index in [1.54, 1.807) is 24.3 Å². The highest BCUT2D eigenvalue weighted by atomic mass is 32.2. The van der Waals surface area contributed by atoms with E-state index in [1.807, 2.05) is 31.2 Å². The maximum Gasteiger partial charge on any atom is 0.271 e. The highest BCUT2D eigenvalue weighted by Crippen LogP contribution is 2.24. The van der Waals surface area contributed by atoms with Gasteiger partial charge in [0.1, 0.15) is 5.75 Å². The average Bonchev–Trinajstić information content (AvgIpc) is 2.77. The zero-order valence-corrected chi connectivity index (χ0v) is 18.9. The highest BCUT2D eigenvalue weighted by Gasteiger charge is 2.18. The van der Waals surface area contributed by atoms with E-state index in [0.29, 0.717) is 11.4 Å². The normalized spacial score (nSPS) is 11.0. The molecule has 0 spiro atoms. The summed E-state index contributed by atoms with van der Waals surface area (Å²) in [6, 6.07) is 19.5. The summed E-state index contributed by atoms with van der Waals surface area (Å²) in [5.41, 5.74) is 2.55. The van der Waals surface area contributed by atoms with Crippen LogP contribution in [0.1, 0.15) is 11.1 Å². The summed E-state index contributed by atoms with van der Waals surface area (Å²) in [5, 5.41) is 13.4. The number of hydrogen-bond acceptors (Lipinski definition) is 6. The third kappa shape index (κ3) is 6.78. The molecule has 0 aliphatic carbocycles. The Bertz CT molecular complexity index is 1240. The van der Waals surface area contributed by atoms with Gasteiger partial charge in [0.25, 0.3) is 11.6 Å². The molecule has 0 atom stereocenters. The van der Waals surface area contributed by atoms with E-state index in [-0.39, 0.29) is 24.5 Å². The zero-order chi connectivity index (χ0) is 24.0. The Balaban J connectivity index is 1.63. The van der Waals surface area contributed by atoms with Crippen LogP contribution in [-0.2, 0) is 21.4 Å². The number of hydrogen-bond donors (Lipinski definition) is 1. The van der Waals surface area contributed by atoms with Gasteiger partial charge in [-0.05, 0) is 42.8 Å². The summed E-state index contributed by atoms with van der Waals surface area (Å²) in [5.74, 6) is -0.117. The molecule has 0 aliphatic rings. The van der Waals surface area contributed by atoms with E-state index in [2.05, 4.69) is 5.32 Å². The predicted molar refractivity (Wildman–Crippen MR) is 126 cm³/mol. The van der Waals surface area contributed by atoms with Crippen LogP contribution in [-0.4, -0.2) is 32.1 Å². The van der Waals surface area contributed by atoms with Crippen LogP contribution in [0, 0.1) is 17.0 Å². The Morgan fingerprint density at radius 2 is 1.73 bits per heavy atom. The van der Waals surface area contributed by atoms with Gasteiger partial charge in [-0.15, -0.1) is 0 Å². The van der Waals surface area contributed by atoms with Crippen molar-refractivity contribution >= 4 is 33.0 Å². The molecule has 0 bridgehead atoms. The molecule has 9 nitrogen and oxygen atoms in total. The maximum atomic E-state index is 12.3. The zero-order valence-electron chi connectivity index (χ0n) is 18.1. The van der Waals surface area contributed by atoms with E-state index in [4.69, 9.17) is 4.74 Å². The van der Waals surface area contributed by atoms with Gasteiger partial charge in [0, 0.05) is 17.8 Å². The lowest BCUT2D eigenvalue weighted by molar-refractivity contribution is -0.384. The number of nitro groups is 1. The molecular formula is C23H23N3O6S. The number of carbonyl (C=O) groups is 1. The molecule has 1 amide bonds. The Hall–Kier alpha value is -3.92. The van der Waals surface area contributed by atoms with Crippen LogP contribution >= 0.6 is 0 Å². The van der Waals surface area contributed by atoms with Crippen LogP contribution in [0.15, 0.2) is 72.8 Å². The van der Waals surface area contributed by atoms with Crippen molar-refractivity contribution in [1.29, 1.82) is 0 Å². The van der Waals surface area contributed by atoms with Crippen molar-refractivity contribution in [2.24, 2.45) is 0 Å². The molecule has 0 radical (unpaired) electrons. The van der Waals surface area contributed by atoms with E-state index >= 15 is 0 Å². The third-order valence-corrected chi connectivity index (χ3v) is 5.82. The fraction of sp³-hybridized carbons (Fsp3) is 0.174. The van der Waals surface area contributed by atoms with Crippen LogP contribution in [0.3, 0.4) is 0 Å². The SMILES string of the molecule is Cc1ccc(CN(c2ccc(OCC(=O)Nc3cccc([N+](=O)[O-])c3)cc2)S(C)(=O)=O)cc1. The van der Waals surface area contributed by atoms with Gasteiger partial charge in [-0.3, -0.25) is 19.2 Å². The predicted octanol–water partition coefficient (Wildman–Crippen LogP) is 3.89. The molecule has 0 fully saturated rings. The molecule has 33 heavy (non-hydrogen) atoms. The van der Waals surface area contributed by atoms with Crippen LogP contribution in [0.2, 0.25) is 0 Å². The molecule has 0 unspecified atom stereocenters. The molecule has 0 saturated carbocycles. The second-order valence-electron chi connectivity index (χ2n) is 7.39. The lowest BCUT2D eigenvalue weighted by Gasteiger charge is -2.23. The first-order chi connectivity index (χ1) is 15.6. The maximum absolute atomic E-state index is 12.3. The summed E-state index contributed by atoms with van der Waals surface area (Å²) in [6.07, 6.45) is 1.14. The van der Waals surface area contributed by atoms with Gasteiger partial charge in [-0.2, -0.15) is 0 Å². The highest BCUT2D eigenvalue weighted by molar-refractivity contribution is 7.92. The van der Waals surface area contributed by atoms with Crippen LogP contribution in [0.4, 0.5) is 17.1 Å². The smallest absolute Gasteiger partial charge is 0.271 e. The van der Waals surface area contributed by atoms with Crippen molar-refractivity contribution in [2.45, 2.75) is 13.5 Å². The number of benzene rings is 3. The number of sulfonamides is 1. The molecule has 3 aromatic carbocycles. The number of rotatable bonds is 9. The Labute approximate surface area is 191 Å².